The molecule has 0 N–H and O–H groups in total. The van der Waals surface area contributed by atoms with Crippen LogP contribution in [0, 0.1) is 22.0 Å². The molecule has 2 amide bonds. The lowest BCUT2D eigenvalue weighted by molar-refractivity contribution is -0.386. The van der Waals surface area contributed by atoms with E-state index in [4.69, 9.17) is 0 Å². The van der Waals surface area contributed by atoms with Gasteiger partial charge >= 0.3 is 11.2 Å². The number of rotatable bonds is 3. The van der Waals surface area contributed by atoms with Crippen LogP contribution in [0.25, 0.3) is 0 Å². The molecule has 1 aromatic carbocycles. The fourth-order valence-corrected chi connectivity index (χ4v) is 5.24. The molecule has 9 heteroatoms. The Labute approximate surface area is 178 Å². The number of hydrogen-bond acceptors (Lipinski definition) is 5. The highest BCUT2D eigenvalue weighted by atomic mass is 16.6. The lowest BCUT2D eigenvalue weighted by Crippen LogP contribution is -2.51. The summed E-state index contributed by atoms with van der Waals surface area (Å²) in [4.78, 5) is 52.2. The Balaban J connectivity index is 1.34. The maximum atomic E-state index is 13.3. The summed E-state index contributed by atoms with van der Waals surface area (Å²) in [6.07, 6.45) is 1.04. The Hall–Kier alpha value is -3.49. The summed E-state index contributed by atoms with van der Waals surface area (Å²) in [5.41, 5.74) is 0.560. The van der Waals surface area contributed by atoms with Crippen molar-refractivity contribution >= 4 is 23.2 Å². The molecular formula is C22H22N4O5. The fraction of sp³-hybridized carbons (Fsp3) is 0.409. The molecule has 0 spiro atoms. The van der Waals surface area contributed by atoms with E-state index >= 15 is 0 Å². The molecule has 4 heterocycles. The number of likely N-dealkylation sites (tertiary alicyclic amines) is 1. The predicted molar refractivity (Wildman–Crippen MR) is 112 cm³/mol. The first kappa shape index (κ1) is 19.5. The number of fused-ring (bicyclic) bond motifs is 4. The number of carbonyl (C=O) groups excluding carboxylic acids is 2. The van der Waals surface area contributed by atoms with Gasteiger partial charge in [-0.3, -0.25) is 24.5 Å². The number of benzene rings is 1. The standard InChI is InChI=1S/C22H22N4O5/c27-20-9-16(13-24(20)17-4-2-1-3-5-17)21(28)23-10-14-8-15(12-23)18-6-7-19(26(30)31)22(29)25(18)11-14/h1-7,14-16H,8-13H2/t14-,15+,16?/m1/s1. The van der Waals surface area contributed by atoms with Crippen LogP contribution in [0.15, 0.2) is 47.3 Å². The maximum Gasteiger partial charge on any atom is 0.334 e. The Morgan fingerprint density at radius 3 is 2.52 bits per heavy atom. The molecule has 0 saturated carbocycles. The first-order valence-electron chi connectivity index (χ1n) is 10.4. The van der Waals surface area contributed by atoms with Gasteiger partial charge < -0.3 is 14.4 Å². The van der Waals surface area contributed by atoms with Gasteiger partial charge in [0.1, 0.15) is 0 Å². The highest BCUT2D eigenvalue weighted by molar-refractivity contribution is 6.00. The van der Waals surface area contributed by atoms with Gasteiger partial charge in [0, 0.05) is 56.0 Å². The normalized spacial score (nSPS) is 24.8. The average Bonchev–Trinajstić information content (AvgIpc) is 3.16. The van der Waals surface area contributed by atoms with Crippen molar-refractivity contribution in [3.8, 4) is 0 Å². The summed E-state index contributed by atoms with van der Waals surface area (Å²) in [6.45, 7) is 1.70. The largest absolute Gasteiger partial charge is 0.341 e. The molecule has 5 rings (SSSR count). The molecule has 160 valence electrons. The van der Waals surface area contributed by atoms with Gasteiger partial charge in [-0.25, -0.2) is 0 Å². The van der Waals surface area contributed by atoms with E-state index < -0.39 is 16.2 Å². The third-order valence-electron chi connectivity index (χ3n) is 6.63. The van der Waals surface area contributed by atoms with Gasteiger partial charge in [-0.1, -0.05) is 18.2 Å². The fourth-order valence-electron chi connectivity index (χ4n) is 5.24. The van der Waals surface area contributed by atoms with Crippen molar-refractivity contribution in [2.75, 3.05) is 24.5 Å². The molecule has 0 aliphatic carbocycles. The van der Waals surface area contributed by atoms with Crippen molar-refractivity contribution in [1.29, 1.82) is 0 Å². The predicted octanol–water partition coefficient (Wildman–Crippen LogP) is 1.76. The Morgan fingerprint density at radius 2 is 1.77 bits per heavy atom. The van der Waals surface area contributed by atoms with Crippen molar-refractivity contribution in [3.63, 3.8) is 0 Å². The zero-order valence-corrected chi connectivity index (χ0v) is 16.8. The number of anilines is 1. The number of piperidine rings is 1. The molecular weight excluding hydrogens is 400 g/mol. The summed E-state index contributed by atoms with van der Waals surface area (Å²) >= 11 is 0. The topological polar surface area (TPSA) is 106 Å². The summed E-state index contributed by atoms with van der Waals surface area (Å²) < 4.78 is 1.51. The zero-order chi connectivity index (χ0) is 21.7. The van der Waals surface area contributed by atoms with E-state index in [0.29, 0.717) is 26.2 Å². The average molecular weight is 422 g/mol. The minimum Gasteiger partial charge on any atom is -0.341 e. The number of nitrogens with zero attached hydrogens (tertiary/aromatic N) is 4. The number of nitro groups is 1. The van der Waals surface area contributed by atoms with Crippen LogP contribution in [-0.2, 0) is 16.1 Å². The van der Waals surface area contributed by atoms with Crippen molar-refractivity contribution in [2.45, 2.75) is 25.3 Å². The lowest BCUT2D eigenvalue weighted by Gasteiger charge is -2.43. The molecule has 3 atom stereocenters. The third kappa shape index (κ3) is 3.30. The van der Waals surface area contributed by atoms with Gasteiger partial charge in [-0.15, -0.1) is 0 Å². The first-order valence-corrected chi connectivity index (χ1v) is 10.4. The van der Waals surface area contributed by atoms with Gasteiger partial charge in [0.2, 0.25) is 11.8 Å². The van der Waals surface area contributed by atoms with E-state index in [2.05, 4.69) is 0 Å². The van der Waals surface area contributed by atoms with E-state index in [0.717, 1.165) is 17.8 Å². The number of aromatic nitrogens is 1. The van der Waals surface area contributed by atoms with E-state index in [1.807, 2.05) is 35.2 Å². The quantitative estimate of drug-likeness (QED) is 0.554. The van der Waals surface area contributed by atoms with Crippen LogP contribution >= 0.6 is 0 Å². The molecule has 3 aliphatic heterocycles. The van der Waals surface area contributed by atoms with Crippen LogP contribution in [0.3, 0.4) is 0 Å². The van der Waals surface area contributed by atoms with Crippen molar-refractivity contribution in [3.05, 3.63) is 68.6 Å². The number of pyridine rings is 1. The molecule has 2 fully saturated rings. The summed E-state index contributed by atoms with van der Waals surface area (Å²) in [6, 6.07) is 12.3. The van der Waals surface area contributed by atoms with Crippen molar-refractivity contribution < 1.29 is 14.5 Å². The second-order valence-electron chi connectivity index (χ2n) is 8.60. The molecule has 2 bridgehead atoms. The van der Waals surface area contributed by atoms with E-state index in [1.165, 1.54) is 10.6 Å². The van der Waals surface area contributed by atoms with E-state index in [1.54, 1.807) is 11.0 Å². The number of carbonyl (C=O) groups is 2. The second kappa shape index (κ2) is 7.33. The van der Waals surface area contributed by atoms with Gasteiger partial charge in [-0.2, -0.15) is 0 Å². The van der Waals surface area contributed by atoms with Gasteiger partial charge in [-0.05, 0) is 30.5 Å². The van der Waals surface area contributed by atoms with E-state index in [-0.39, 0.29) is 36.0 Å². The van der Waals surface area contributed by atoms with Crippen LogP contribution in [0.2, 0.25) is 0 Å². The molecule has 1 aromatic heterocycles. The third-order valence-corrected chi connectivity index (χ3v) is 6.63. The highest BCUT2D eigenvalue weighted by Crippen LogP contribution is 2.37. The molecule has 31 heavy (non-hydrogen) atoms. The van der Waals surface area contributed by atoms with Crippen LogP contribution in [0.4, 0.5) is 11.4 Å². The van der Waals surface area contributed by atoms with Crippen LogP contribution in [0.1, 0.15) is 24.5 Å². The van der Waals surface area contributed by atoms with E-state index in [9.17, 15) is 24.5 Å². The van der Waals surface area contributed by atoms with Crippen LogP contribution < -0.4 is 10.5 Å². The molecule has 2 saturated heterocycles. The smallest absolute Gasteiger partial charge is 0.334 e. The summed E-state index contributed by atoms with van der Waals surface area (Å²) in [5, 5.41) is 11.1. The summed E-state index contributed by atoms with van der Waals surface area (Å²) in [7, 11) is 0. The van der Waals surface area contributed by atoms with Crippen molar-refractivity contribution in [2.24, 2.45) is 11.8 Å². The monoisotopic (exact) mass is 422 g/mol. The molecule has 1 unspecified atom stereocenters. The zero-order valence-electron chi connectivity index (χ0n) is 16.8. The number of amides is 2. The molecule has 3 aliphatic rings. The molecule has 9 nitrogen and oxygen atoms in total. The van der Waals surface area contributed by atoms with Crippen LogP contribution in [0.5, 0.6) is 0 Å². The van der Waals surface area contributed by atoms with Gasteiger partial charge in [0.05, 0.1) is 10.8 Å². The minimum absolute atomic E-state index is 0.0285. The second-order valence-corrected chi connectivity index (χ2v) is 8.60. The van der Waals surface area contributed by atoms with Gasteiger partial charge in [0.15, 0.2) is 0 Å². The SMILES string of the molecule is O=C(C1CC(=O)N(c2ccccc2)C1)N1C[C@H]2C[C@@H](C1)c1ccc([N+](=O)[O-])c(=O)n1C2. The maximum absolute atomic E-state index is 13.3. The summed E-state index contributed by atoms with van der Waals surface area (Å²) in [5.74, 6) is -0.430. The van der Waals surface area contributed by atoms with Gasteiger partial charge in [0.25, 0.3) is 0 Å². The highest BCUT2D eigenvalue weighted by Gasteiger charge is 2.42. The first-order chi connectivity index (χ1) is 14.9. The van der Waals surface area contributed by atoms with Crippen molar-refractivity contribution in [1.82, 2.24) is 9.47 Å². The molecule has 0 radical (unpaired) electrons. The number of para-hydroxylation sites is 1. The Kier molecular flexibility index (Phi) is 4.60. The lowest BCUT2D eigenvalue weighted by atomic mass is 9.82. The van der Waals surface area contributed by atoms with Crippen LogP contribution in [-0.4, -0.2) is 45.8 Å². The Morgan fingerprint density at radius 1 is 1.00 bits per heavy atom. The number of hydrogen-bond donors (Lipinski definition) is 0. The Bertz CT molecular complexity index is 1130. The minimum atomic E-state index is -0.647. The molecule has 2 aromatic rings.